The average Bonchev–Trinajstić information content (AvgIpc) is 2.73. The highest BCUT2D eigenvalue weighted by atomic mass is 16.4. The summed E-state index contributed by atoms with van der Waals surface area (Å²) in [6.07, 6.45) is 6.61. The minimum absolute atomic E-state index is 0.299. The van der Waals surface area contributed by atoms with Gasteiger partial charge in [-0.05, 0) is 30.5 Å². The molecule has 102 valence electrons. The summed E-state index contributed by atoms with van der Waals surface area (Å²) in [6.45, 7) is 0.846. The lowest BCUT2D eigenvalue weighted by molar-refractivity contribution is 0.372. The van der Waals surface area contributed by atoms with Crippen molar-refractivity contribution in [2.75, 3.05) is 0 Å². The number of rotatable bonds is 3. The van der Waals surface area contributed by atoms with E-state index in [1.165, 1.54) is 42.2 Å². The van der Waals surface area contributed by atoms with Crippen LogP contribution in [0.1, 0.15) is 37.7 Å². The van der Waals surface area contributed by atoms with Gasteiger partial charge in [0.05, 0.1) is 5.52 Å². The Morgan fingerprint density at radius 1 is 1.32 bits per heavy atom. The zero-order valence-corrected chi connectivity index (χ0v) is 11.3. The number of aryl methyl sites for hydroxylation is 1. The molecule has 2 aromatic rings. The number of aromatic nitrogens is 1. The molecule has 4 heteroatoms. The van der Waals surface area contributed by atoms with Gasteiger partial charge in [-0.2, -0.15) is 0 Å². The van der Waals surface area contributed by atoms with E-state index < -0.39 is 0 Å². The molecule has 4 nitrogen and oxygen atoms in total. The Kier molecular flexibility index (Phi) is 3.42. The maximum Gasteiger partial charge on any atom is 0.419 e. The van der Waals surface area contributed by atoms with Gasteiger partial charge in [0, 0.05) is 19.6 Å². The van der Waals surface area contributed by atoms with Gasteiger partial charge in [0.2, 0.25) is 0 Å². The molecule has 19 heavy (non-hydrogen) atoms. The summed E-state index contributed by atoms with van der Waals surface area (Å²) in [6, 6.07) is 6.63. The number of hydrogen-bond donors (Lipinski definition) is 1. The molecular weight excluding hydrogens is 240 g/mol. The smallest absolute Gasteiger partial charge is 0.408 e. The number of hydrogen-bond acceptors (Lipinski definition) is 3. The number of fused-ring (bicyclic) bond motifs is 1. The molecule has 0 aliphatic heterocycles. The third kappa shape index (κ3) is 2.59. The molecule has 1 aromatic carbocycles. The fourth-order valence-electron chi connectivity index (χ4n) is 2.86. The van der Waals surface area contributed by atoms with Crippen molar-refractivity contribution in [2.24, 2.45) is 7.05 Å². The lowest BCUT2D eigenvalue weighted by Crippen LogP contribution is -2.30. The molecule has 1 saturated carbocycles. The molecular formula is C15H20N2O2. The van der Waals surface area contributed by atoms with Crippen molar-refractivity contribution in [2.45, 2.75) is 44.7 Å². The molecule has 0 atom stereocenters. The maximum absolute atomic E-state index is 11.4. The first kappa shape index (κ1) is 12.5. The quantitative estimate of drug-likeness (QED) is 0.922. The molecule has 1 aliphatic rings. The molecule has 1 aliphatic carbocycles. The van der Waals surface area contributed by atoms with Gasteiger partial charge >= 0.3 is 5.76 Å². The second-order valence-electron chi connectivity index (χ2n) is 5.44. The van der Waals surface area contributed by atoms with Gasteiger partial charge in [-0.25, -0.2) is 4.79 Å². The van der Waals surface area contributed by atoms with Crippen LogP contribution in [0.4, 0.5) is 0 Å². The molecule has 3 rings (SSSR count). The van der Waals surface area contributed by atoms with Crippen molar-refractivity contribution in [3.8, 4) is 0 Å². The largest absolute Gasteiger partial charge is 0.419 e. The predicted octanol–water partition coefficient (Wildman–Crippen LogP) is 2.55. The zero-order valence-electron chi connectivity index (χ0n) is 11.3. The number of nitrogens with one attached hydrogen (secondary N) is 1. The first-order chi connectivity index (χ1) is 9.24. The van der Waals surface area contributed by atoms with Gasteiger partial charge in [-0.1, -0.05) is 25.3 Å². The van der Waals surface area contributed by atoms with Gasteiger partial charge in [0.1, 0.15) is 0 Å². The van der Waals surface area contributed by atoms with Crippen molar-refractivity contribution < 1.29 is 4.42 Å². The molecule has 1 aromatic heterocycles. The van der Waals surface area contributed by atoms with E-state index in [0.717, 1.165) is 12.1 Å². The van der Waals surface area contributed by atoms with Crippen molar-refractivity contribution in [1.29, 1.82) is 0 Å². The minimum Gasteiger partial charge on any atom is -0.408 e. The summed E-state index contributed by atoms with van der Waals surface area (Å²) in [4.78, 5) is 11.4. The Bertz CT molecular complexity index is 621. The molecule has 0 radical (unpaired) electrons. The summed E-state index contributed by atoms with van der Waals surface area (Å²) in [5, 5.41) is 3.60. The van der Waals surface area contributed by atoms with E-state index >= 15 is 0 Å². The first-order valence-electron chi connectivity index (χ1n) is 7.06. The molecule has 1 N–H and O–H groups in total. The number of oxazole rings is 1. The Hall–Kier alpha value is -1.55. The SMILES string of the molecule is Cn1c(=O)oc2cc(CNC3CCCCC3)ccc21. The second-order valence-corrected chi connectivity index (χ2v) is 5.44. The highest BCUT2D eigenvalue weighted by molar-refractivity contribution is 5.73. The lowest BCUT2D eigenvalue weighted by atomic mass is 9.95. The van der Waals surface area contributed by atoms with Gasteiger partial charge in [0.25, 0.3) is 0 Å². The highest BCUT2D eigenvalue weighted by Crippen LogP contribution is 2.19. The molecule has 0 spiro atoms. The van der Waals surface area contributed by atoms with Gasteiger partial charge in [0.15, 0.2) is 5.58 Å². The molecule has 0 saturated heterocycles. The van der Waals surface area contributed by atoms with Crippen LogP contribution in [-0.2, 0) is 13.6 Å². The summed E-state index contributed by atoms with van der Waals surface area (Å²) < 4.78 is 6.75. The third-order valence-electron chi connectivity index (χ3n) is 4.06. The predicted molar refractivity (Wildman–Crippen MR) is 75.2 cm³/mol. The zero-order chi connectivity index (χ0) is 13.2. The first-order valence-corrected chi connectivity index (χ1v) is 7.06. The summed E-state index contributed by atoms with van der Waals surface area (Å²) in [5.41, 5.74) is 2.70. The van der Waals surface area contributed by atoms with E-state index in [1.54, 1.807) is 7.05 Å². The fourth-order valence-corrected chi connectivity index (χ4v) is 2.86. The van der Waals surface area contributed by atoms with Crippen molar-refractivity contribution in [1.82, 2.24) is 9.88 Å². The molecule has 0 amide bonds. The number of nitrogens with zero attached hydrogens (tertiary/aromatic N) is 1. The van der Waals surface area contributed by atoms with E-state index in [1.807, 2.05) is 12.1 Å². The minimum atomic E-state index is -0.299. The fraction of sp³-hybridized carbons (Fsp3) is 0.533. The van der Waals surface area contributed by atoms with E-state index in [-0.39, 0.29) is 5.76 Å². The Morgan fingerprint density at radius 2 is 2.11 bits per heavy atom. The Morgan fingerprint density at radius 3 is 2.89 bits per heavy atom. The van der Waals surface area contributed by atoms with E-state index in [2.05, 4.69) is 11.4 Å². The van der Waals surface area contributed by atoms with Crippen LogP contribution in [0.3, 0.4) is 0 Å². The third-order valence-corrected chi connectivity index (χ3v) is 4.06. The second kappa shape index (κ2) is 5.21. The van der Waals surface area contributed by atoms with Crippen LogP contribution >= 0.6 is 0 Å². The van der Waals surface area contributed by atoms with Crippen LogP contribution in [0.25, 0.3) is 11.1 Å². The Labute approximate surface area is 112 Å². The summed E-state index contributed by atoms with van der Waals surface area (Å²) in [5.74, 6) is -0.299. The molecule has 0 bridgehead atoms. The van der Waals surface area contributed by atoms with E-state index in [4.69, 9.17) is 4.42 Å². The summed E-state index contributed by atoms with van der Waals surface area (Å²) in [7, 11) is 1.73. The highest BCUT2D eigenvalue weighted by Gasteiger charge is 2.13. The van der Waals surface area contributed by atoms with Gasteiger partial charge in [-0.15, -0.1) is 0 Å². The topological polar surface area (TPSA) is 47.2 Å². The monoisotopic (exact) mass is 260 g/mol. The van der Waals surface area contributed by atoms with Gasteiger partial charge < -0.3 is 9.73 Å². The van der Waals surface area contributed by atoms with Crippen LogP contribution in [0.5, 0.6) is 0 Å². The summed E-state index contributed by atoms with van der Waals surface area (Å²) >= 11 is 0. The normalized spacial score (nSPS) is 17.1. The standard InChI is InChI=1S/C15H20N2O2/c1-17-13-8-7-11(9-14(13)19-15(17)18)10-16-12-5-3-2-4-6-12/h7-9,12,16H,2-6,10H2,1H3. The molecule has 1 heterocycles. The number of benzene rings is 1. The van der Waals surface area contributed by atoms with Gasteiger partial charge in [-0.3, -0.25) is 4.57 Å². The van der Waals surface area contributed by atoms with Crippen LogP contribution in [0.15, 0.2) is 27.4 Å². The van der Waals surface area contributed by atoms with E-state index in [9.17, 15) is 4.79 Å². The van der Waals surface area contributed by atoms with E-state index in [0.29, 0.717) is 11.6 Å². The molecule has 0 unspecified atom stereocenters. The molecule has 1 fully saturated rings. The maximum atomic E-state index is 11.4. The lowest BCUT2D eigenvalue weighted by Gasteiger charge is -2.22. The van der Waals surface area contributed by atoms with Crippen molar-refractivity contribution >= 4 is 11.1 Å². The average molecular weight is 260 g/mol. The Balaban J connectivity index is 1.72. The van der Waals surface area contributed by atoms with Crippen LogP contribution in [-0.4, -0.2) is 10.6 Å². The van der Waals surface area contributed by atoms with Crippen LogP contribution in [0.2, 0.25) is 0 Å². The van der Waals surface area contributed by atoms with Crippen molar-refractivity contribution in [3.05, 3.63) is 34.3 Å². The van der Waals surface area contributed by atoms with Crippen molar-refractivity contribution in [3.63, 3.8) is 0 Å². The van der Waals surface area contributed by atoms with Crippen LogP contribution < -0.4 is 11.1 Å². The van der Waals surface area contributed by atoms with Crippen LogP contribution in [0, 0.1) is 0 Å².